The first-order valence-corrected chi connectivity index (χ1v) is 9.58. The number of fused-ring (bicyclic) bond motifs is 3. The molecule has 0 saturated heterocycles. The summed E-state index contributed by atoms with van der Waals surface area (Å²) in [7, 11) is 0. The third kappa shape index (κ3) is 3.09. The molecule has 0 N–H and O–H groups in total. The lowest BCUT2D eigenvalue weighted by atomic mass is 9.95. The van der Waals surface area contributed by atoms with E-state index < -0.39 is 0 Å². The summed E-state index contributed by atoms with van der Waals surface area (Å²) in [6.07, 6.45) is 4.06. The molecule has 0 spiro atoms. The molecule has 2 heterocycles. The molecule has 0 bridgehead atoms. The number of hydrogen-bond donors (Lipinski definition) is 0. The van der Waals surface area contributed by atoms with Gasteiger partial charge >= 0.3 is 0 Å². The third-order valence-electron chi connectivity index (χ3n) is 5.17. The first-order valence-electron chi connectivity index (χ1n) is 9.20. The molecule has 1 aromatic heterocycles. The zero-order valence-electron chi connectivity index (χ0n) is 15.6. The van der Waals surface area contributed by atoms with Gasteiger partial charge in [-0.3, -0.25) is 4.79 Å². The van der Waals surface area contributed by atoms with E-state index in [0.29, 0.717) is 17.1 Å². The van der Waals surface area contributed by atoms with Crippen LogP contribution in [0.1, 0.15) is 23.6 Å². The van der Waals surface area contributed by atoms with Crippen molar-refractivity contribution in [1.29, 1.82) is 0 Å². The Morgan fingerprint density at radius 2 is 1.90 bits per heavy atom. The second kappa shape index (κ2) is 6.87. The van der Waals surface area contributed by atoms with Crippen LogP contribution in [0.15, 0.2) is 59.2 Å². The number of amides is 1. The normalized spacial score (nSPS) is 13.0. The van der Waals surface area contributed by atoms with Crippen molar-refractivity contribution in [3.8, 4) is 11.1 Å². The molecule has 0 fully saturated rings. The maximum absolute atomic E-state index is 12.5. The van der Waals surface area contributed by atoms with E-state index in [4.69, 9.17) is 16.2 Å². The Bertz CT molecular complexity index is 1290. The number of hydrogen-bond acceptors (Lipinski definition) is 4. The highest BCUT2D eigenvalue weighted by Gasteiger charge is 2.19. The van der Waals surface area contributed by atoms with Crippen molar-refractivity contribution < 1.29 is 9.42 Å². The van der Waals surface area contributed by atoms with Crippen LogP contribution in [-0.2, 0) is 11.3 Å². The summed E-state index contributed by atoms with van der Waals surface area (Å²) < 4.78 is 4.90. The average Bonchev–Trinajstić information content (AvgIpc) is 3.18. The van der Waals surface area contributed by atoms with Gasteiger partial charge in [0.05, 0.1) is 12.2 Å². The van der Waals surface area contributed by atoms with E-state index in [9.17, 15) is 4.79 Å². The quantitative estimate of drug-likeness (QED) is 0.417. The number of carbonyl (C=O) groups excluding carboxylic acids is 1. The predicted molar refractivity (Wildman–Crippen MR) is 114 cm³/mol. The molecule has 1 amide bonds. The molecular weight excluding hydrogens is 386 g/mol. The van der Waals surface area contributed by atoms with Crippen molar-refractivity contribution in [2.75, 3.05) is 4.90 Å². The number of anilines is 1. The van der Waals surface area contributed by atoms with Gasteiger partial charge in [-0.2, -0.15) is 0 Å². The first-order chi connectivity index (χ1) is 14.1. The fourth-order valence-corrected chi connectivity index (χ4v) is 3.91. The third-order valence-corrected chi connectivity index (χ3v) is 5.41. The van der Waals surface area contributed by atoms with Gasteiger partial charge in [-0.1, -0.05) is 48.0 Å². The van der Waals surface area contributed by atoms with Gasteiger partial charge in [-0.25, -0.2) is 4.63 Å². The largest absolute Gasteiger partial charge is 0.308 e. The number of nitrogens with zero attached hydrogens (tertiary/aromatic N) is 3. The molecule has 29 heavy (non-hydrogen) atoms. The maximum Gasteiger partial charge on any atom is 0.224 e. The molecule has 0 atom stereocenters. The fourth-order valence-electron chi connectivity index (χ4n) is 3.73. The lowest BCUT2D eigenvalue weighted by molar-refractivity contribution is -0.116. The molecule has 4 aromatic rings. The smallest absolute Gasteiger partial charge is 0.224 e. The Morgan fingerprint density at radius 1 is 1.03 bits per heavy atom. The molecule has 1 aliphatic rings. The van der Waals surface area contributed by atoms with Crippen LogP contribution in [0.25, 0.3) is 34.3 Å². The number of halogens is 1. The SMILES string of the molecule is CC(=O)N1Cc2cc(-c3cccc4nonc34)ccc2C=Cc2cc(Cl)ccc21. The van der Waals surface area contributed by atoms with Crippen molar-refractivity contribution in [3.63, 3.8) is 0 Å². The molecule has 5 nitrogen and oxygen atoms in total. The van der Waals surface area contributed by atoms with Crippen LogP contribution in [0.3, 0.4) is 0 Å². The van der Waals surface area contributed by atoms with Gasteiger partial charge in [0.1, 0.15) is 11.0 Å². The molecule has 3 aromatic carbocycles. The van der Waals surface area contributed by atoms with Crippen molar-refractivity contribution in [2.45, 2.75) is 13.5 Å². The maximum atomic E-state index is 12.5. The molecular formula is C23H16ClN3O2. The van der Waals surface area contributed by atoms with E-state index in [2.05, 4.69) is 28.5 Å². The summed E-state index contributed by atoms with van der Waals surface area (Å²) in [5.74, 6) is -0.0250. The zero-order valence-corrected chi connectivity index (χ0v) is 16.3. The van der Waals surface area contributed by atoms with Crippen molar-refractivity contribution in [3.05, 3.63) is 76.3 Å². The van der Waals surface area contributed by atoms with Crippen LogP contribution in [0.2, 0.25) is 5.02 Å². The van der Waals surface area contributed by atoms with E-state index in [-0.39, 0.29) is 5.91 Å². The Morgan fingerprint density at radius 3 is 2.76 bits per heavy atom. The minimum atomic E-state index is -0.0250. The van der Waals surface area contributed by atoms with E-state index in [1.54, 1.807) is 17.9 Å². The number of benzene rings is 3. The minimum absolute atomic E-state index is 0.0250. The highest BCUT2D eigenvalue weighted by Crippen LogP contribution is 2.34. The zero-order chi connectivity index (χ0) is 20.0. The van der Waals surface area contributed by atoms with Crippen LogP contribution >= 0.6 is 11.6 Å². The standard InChI is InChI=1S/C23H16ClN3O2/c1-14(28)27-13-18-11-16(20-3-2-4-21-23(20)26-29-25-21)7-5-15(18)6-8-17-12-19(24)9-10-22(17)27/h2-12H,13H2,1H3. The molecule has 5 rings (SSSR count). The summed E-state index contributed by atoms with van der Waals surface area (Å²) in [5.41, 5.74) is 7.23. The molecule has 0 saturated carbocycles. The fraction of sp³-hybridized carbons (Fsp3) is 0.0870. The van der Waals surface area contributed by atoms with Crippen LogP contribution in [0, 0.1) is 0 Å². The van der Waals surface area contributed by atoms with Crippen LogP contribution < -0.4 is 4.90 Å². The van der Waals surface area contributed by atoms with Crippen LogP contribution in [-0.4, -0.2) is 16.2 Å². The summed E-state index contributed by atoms with van der Waals surface area (Å²) in [6.45, 7) is 2.04. The number of carbonyl (C=O) groups is 1. The van der Waals surface area contributed by atoms with Crippen molar-refractivity contribution >= 4 is 46.4 Å². The van der Waals surface area contributed by atoms with Gasteiger partial charge in [0.2, 0.25) is 5.91 Å². The van der Waals surface area contributed by atoms with E-state index >= 15 is 0 Å². The summed E-state index contributed by atoms with van der Waals surface area (Å²) in [5, 5.41) is 8.61. The average molecular weight is 402 g/mol. The van der Waals surface area contributed by atoms with Gasteiger partial charge in [0.25, 0.3) is 0 Å². The molecule has 1 aliphatic heterocycles. The van der Waals surface area contributed by atoms with Crippen molar-refractivity contribution in [1.82, 2.24) is 10.3 Å². The Labute approximate surface area is 172 Å². The van der Waals surface area contributed by atoms with Gasteiger partial charge < -0.3 is 4.90 Å². The molecule has 0 unspecified atom stereocenters. The Hall–Kier alpha value is -3.44. The summed E-state index contributed by atoms with van der Waals surface area (Å²) in [4.78, 5) is 14.2. The minimum Gasteiger partial charge on any atom is -0.308 e. The highest BCUT2D eigenvalue weighted by molar-refractivity contribution is 6.30. The Kier molecular flexibility index (Phi) is 4.18. The number of aromatic nitrogens is 2. The van der Waals surface area contributed by atoms with E-state index in [1.165, 1.54) is 0 Å². The molecule has 0 radical (unpaired) electrons. The summed E-state index contributed by atoms with van der Waals surface area (Å²) >= 11 is 6.17. The second-order valence-corrected chi connectivity index (χ2v) is 7.43. The van der Waals surface area contributed by atoms with E-state index in [0.717, 1.165) is 39.0 Å². The topological polar surface area (TPSA) is 59.2 Å². The van der Waals surface area contributed by atoms with Gasteiger partial charge in [-0.15, -0.1) is 0 Å². The van der Waals surface area contributed by atoms with Gasteiger partial charge in [0.15, 0.2) is 0 Å². The molecule has 6 heteroatoms. The number of rotatable bonds is 1. The molecule has 0 aliphatic carbocycles. The van der Waals surface area contributed by atoms with Gasteiger partial charge in [-0.05, 0) is 62.9 Å². The van der Waals surface area contributed by atoms with E-state index in [1.807, 2.05) is 42.5 Å². The second-order valence-electron chi connectivity index (χ2n) is 6.99. The monoisotopic (exact) mass is 401 g/mol. The van der Waals surface area contributed by atoms with Gasteiger partial charge in [0, 0.05) is 17.5 Å². The summed E-state index contributed by atoms with van der Waals surface area (Å²) in [6, 6.07) is 17.6. The highest BCUT2D eigenvalue weighted by atomic mass is 35.5. The first kappa shape index (κ1) is 17.6. The van der Waals surface area contributed by atoms with Crippen LogP contribution in [0.4, 0.5) is 5.69 Å². The lowest BCUT2D eigenvalue weighted by Gasteiger charge is -2.26. The lowest BCUT2D eigenvalue weighted by Crippen LogP contribution is -2.29. The van der Waals surface area contributed by atoms with Crippen LogP contribution in [0.5, 0.6) is 0 Å². The van der Waals surface area contributed by atoms with Crippen molar-refractivity contribution in [2.24, 2.45) is 0 Å². The molecule has 142 valence electrons. The Balaban J connectivity index is 1.66. The predicted octanol–water partition coefficient (Wildman–Crippen LogP) is 5.58.